The van der Waals surface area contributed by atoms with Crippen molar-refractivity contribution < 1.29 is 9.32 Å². The van der Waals surface area contributed by atoms with Crippen LogP contribution in [0.15, 0.2) is 40.9 Å². The standard InChI is InChI=1S/C17H20N2O2/c1-13-11-15(18-21-13)12-19(2)16(20)17(9-6-10-17)14-7-4-3-5-8-14/h3-5,7-8,11H,6,9-10,12H2,1-2H3. The molecule has 0 aliphatic heterocycles. The Labute approximate surface area is 124 Å². The first-order valence-electron chi connectivity index (χ1n) is 7.35. The van der Waals surface area contributed by atoms with Crippen molar-refractivity contribution >= 4 is 5.91 Å². The molecule has 1 aromatic heterocycles. The molecule has 1 heterocycles. The van der Waals surface area contributed by atoms with Crippen molar-refractivity contribution in [3.05, 3.63) is 53.4 Å². The van der Waals surface area contributed by atoms with Crippen LogP contribution in [0, 0.1) is 6.92 Å². The zero-order valence-corrected chi connectivity index (χ0v) is 12.5. The van der Waals surface area contributed by atoms with Crippen LogP contribution >= 0.6 is 0 Å². The number of amides is 1. The number of nitrogens with zero attached hydrogens (tertiary/aromatic N) is 2. The number of benzene rings is 1. The number of rotatable bonds is 4. The van der Waals surface area contributed by atoms with Crippen LogP contribution in [0.25, 0.3) is 0 Å². The Bertz CT molecular complexity index is 629. The fraction of sp³-hybridized carbons (Fsp3) is 0.412. The highest BCUT2D eigenvalue weighted by Gasteiger charge is 2.46. The van der Waals surface area contributed by atoms with Crippen molar-refractivity contribution in [1.29, 1.82) is 0 Å². The predicted octanol–water partition coefficient (Wildman–Crippen LogP) is 3.06. The molecule has 1 aliphatic rings. The lowest BCUT2D eigenvalue weighted by atomic mass is 9.63. The highest BCUT2D eigenvalue weighted by Crippen LogP contribution is 2.45. The smallest absolute Gasteiger partial charge is 0.233 e. The van der Waals surface area contributed by atoms with Crippen LogP contribution < -0.4 is 0 Å². The van der Waals surface area contributed by atoms with Gasteiger partial charge in [-0.25, -0.2) is 0 Å². The van der Waals surface area contributed by atoms with Gasteiger partial charge in [0.1, 0.15) is 11.5 Å². The number of carbonyl (C=O) groups excluding carboxylic acids is 1. The largest absolute Gasteiger partial charge is 0.361 e. The fourth-order valence-electron chi connectivity index (χ4n) is 3.09. The summed E-state index contributed by atoms with van der Waals surface area (Å²) < 4.78 is 5.07. The Morgan fingerprint density at radius 3 is 2.57 bits per heavy atom. The Morgan fingerprint density at radius 2 is 2.05 bits per heavy atom. The molecule has 0 bridgehead atoms. The van der Waals surface area contributed by atoms with Gasteiger partial charge in [-0.3, -0.25) is 4.79 Å². The highest BCUT2D eigenvalue weighted by atomic mass is 16.5. The van der Waals surface area contributed by atoms with Crippen LogP contribution in [0.3, 0.4) is 0 Å². The van der Waals surface area contributed by atoms with Crippen molar-refractivity contribution in [2.45, 2.75) is 38.1 Å². The van der Waals surface area contributed by atoms with Crippen molar-refractivity contribution in [1.82, 2.24) is 10.1 Å². The van der Waals surface area contributed by atoms with E-state index in [9.17, 15) is 4.79 Å². The summed E-state index contributed by atoms with van der Waals surface area (Å²) >= 11 is 0. The minimum atomic E-state index is -0.339. The van der Waals surface area contributed by atoms with Crippen LogP contribution in [0.1, 0.15) is 36.3 Å². The molecule has 0 spiro atoms. The van der Waals surface area contributed by atoms with E-state index in [4.69, 9.17) is 4.52 Å². The van der Waals surface area contributed by atoms with Crippen molar-refractivity contribution in [2.75, 3.05) is 7.05 Å². The van der Waals surface area contributed by atoms with Gasteiger partial charge >= 0.3 is 0 Å². The molecule has 0 radical (unpaired) electrons. The Balaban J connectivity index is 1.79. The lowest BCUT2D eigenvalue weighted by molar-refractivity contribution is -0.140. The minimum absolute atomic E-state index is 0.181. The van der Waals surface area contributed by atoms with Crippen LogP contribution in [0.5, 0.6) is 0 Å². The first-order valence-corrected chi connectivity index (χ1v) is 7.35. The molecule has 4 heteroatoms. The summed E-state index contributed by atoms with van der Waals surface area (Å²) in [4.78, 5) is 14.7. The third-order valence-electron chi connectivity index (χ3n) is 4.37. The molecule has 0 N–H and O–H groups in total. The molecule has 0 atom stereocenters. The molecule has 1 amide bonds. The van der Waals surface area contributed by atoms with Gasteiger partial charge < -0.3 is 9.42 Å². The third-order valence-corrected chi connectivity index (χ3v) is 4.37. The van der Waals surface area contributed by atoms with E-state index < -0.39 is 0 Å². The maximum Gasteiger partial charge on any atom is 0.233 e. The lowest BCUT2D eigenvalue weighted by Gasteiger charge is -2.43. The SMILES string of the molecule is Cc1cc(CN(C)C(=O)C2(c3ccccc3)CCC2)no1. The first kappa shape index (κ1) is 13.9. The summed E-state index contributed by atoms with van der Waals surface area (Å²) in [6.45, 7) is 2.35. The van der Waals surface area contributed by atoms with Gasteiger partial charge in [-0.1, -0.05) is 41.9 Å². The van der Waals surface area contributed by atoms with Gasteiger partial charge in [-0.2, -0.15) is 0 Å². The van der Waals surface area contributed by atoms with Gasteiger partial charge in [0.05, 0.1) is 12.0 Å². The Kier molecular flexibility index (Phi) is 3.53. The molecule has 1 aromatic carbocycles. The molecule has 0 unspecified atom stereocenters. The number of carbonyl (C=O) groups is 1. The summed E-state index contributed by atoms with van der Waals surface area (Å²) in [6, 6.07) is 12.0. The van der Waals surface area contributed by atoms with E-state index in [2.05, 4.69) is 17.3 Å². The van der Waals surface area contributed by atoms with Crippen LogP contribution in [0.4, 0.5) is 0 Å². The Morgan fingerprint density at radius 1 is 1.33 bits per heavy atom. The molecule has 3 rings (SSSR count). The number of aryl methyl sites for hydroxylation is 1. The third kappa shape index (κ3) is 2.46. The lowest BCUT2D eigenvalue weighted by Crippen LogP contribution is -2.49. The molecule has 1 fully saturated rings. The average Bonchev–Trinajstić information content (AvgIpc) is 2.84. The molecule has 1 aliphatic carbocycles. The van der Waals surface area contributed by atoms with Gasteiger partial charge in [-0.05, 0) is 25.3 Å². The molecule has 2 aromatic rings. The monoisotopic (exact) mass is 284 g/mol. The summed E-state index contributed by atoms with van der Waals surface area (Å²) in [5, 5.41) is 3.97. The number of likely N-dealkylation sites (N-methyl/N-ethyl adjacent to an activating group) is 1. The van der Waals surface area contributed by atoms with E-state index in [1.165, 1.54) is 0 Å². The normalized spacial score (nSPS) is 16.3. The number of hydrogen-bond acceptors (Lipinski definition) is 3. The molecular weight excluding hydrogens is 264 g/mol. The van der Waals surface area contributed by atoms with E-state index in [1.54, 1.807) is 4.90 Å². The highest BCUT2D eigenvalue weighted by molar-refractivity contribution is 5.89. The number of hydrogen-bond donors (Lipinski definition) is 0. The van der Waals surface area contributed by atoms with Crippen molar-refractivity contribution in [3.8, 4) is 0 Å². The van der Waals surface area contributed by atoms with Crippen molar-refractivity contribution in [2.24, 2.45) is 0 Å². The molecule has 1 saturated carbocycles. The quantitative estimate of drug-likeness (QED) is 0.867. The number of aromatic nitrogens is 1. The second-order valence-corrected chi connectivity index (χ2v) is 5.89. The van der Waals surface area contributed by atoms with Gasteiger partial charge in [0.25, 0.3) is 0 Å². The summed E-state index contributed by atoms with van der Waals surface area (Å²) in [7, 11) is 1.84. The zero-order chi connectivity index (χ0) is 14.9. The van der Waals surface area contributed by atoms with Gasteiger partial charge in [-0.15, -0.1) is 0 Å². The van der Waals surface area contributed by atoms with E-state index >= 15 is 0 Å². The van der Waals surface area contributed by atoms with Gasteiger partial charge in [0, 0.05) is 13.1 Å². The van der Waals surface area contributed by atoms with E-state index in [-0.39, 0.29) is 11.3 Å². The minimum Gasteiger partial charge on any atom is -0.361 e. The molecule has 21 heavy (non-hydrogen) atoms. The van der Waals surface area contributed by atoms with E-state index in [0.717, 1.165) is 36.3 Å². The maximum atomic E-state index is 12.9. The second-order valence-electron chi connectivity index (χ2n) is 5.89. The zero-order valence-electron chi connectivity index (χ0n) is 12.5. The van der Waals surface area contributed by atoms with E-state index in [0.29, 0.717) is 6.54 Å². The molecular formula is C17H20N2O2. The Hall–Kier alpha value is -2.10. The molecule has 0 saturated heterocycles. The van der Waals surface area contributed by atoms with Crippen LogP contribution in [0.2, 0.25) is 0 Å². The summed E-state index contributed by atoms with van der Waals surface area (Å²) in [5.41, 5.74) is 1.59. The topological polar surface area (TPSA) is 46.3 Å². The molecule has 4 nitrogen and oxygen atoms in total. The maximum absolute atomic E-state index is 12.9. The van der Waals surface area contributed by atoms with Crippen LogP contribution in [-0.4, -0.2) is 23.0 Å². The van der Waals surface area contributed by atoms with Crippen molar-refractivity contribution in [3.63, 3.8) is 0 Å². The summed E-state index contributed by atoms with van der Waals surface area (Å²) in [5.74, 6) is 0.952. The first-order chi connectivity index (χ1) is 10.1. The van der Waals surface area contributed by atoms with E-state index in [1.807, 2.05) is 38.2 Å². The average molecular weight is 284 g/mol. The van der Waals surface area contributed by atoms with Gasteiger partial charge in [0.15, 0.2) is 0 Å². The second kappa shape index (κ2) is 5.35. The van der Waals surface area contributed by atoms with Crippen LogP contribution in [-0.2, 0) is 16.8 Å². The summed E-state index contributed by atoms with van der Waals surface area (Å²) in [6.07, 6.45) is 2.97. The predicted molar refractivity (Wildman–Crippen MR) is 79.7 cm³/mol. The molecule has 110 valence electrons. The fourth-order valence-corrected chi connectivity index (χ4v) is 3.09. The van der Waals surface area contributed by atoms with Gasteiger partial charge in [0.2, 0.25) is 5.91 Å².